The summed E-state index contributed by atoms with van der Waals surface area (Å²) in [7, 11) is 0. The number of nitrogens with one attached hydrogen (secondary N) is 1. The van der Waals surface area contributed by atoms with Crippen molar-refractivity contribution in [2.24, 2.45) is 5.92 Å². The Hall–Kier alpha value is -1.03. The zero-order valence-corrected chi connectivity index (χ0v) is 11.8. The smallest absolute Gasteiger partial charge is 0.407 e. The third-order valence-electron chi connectivity index (χ3n) is 2.14. The van der Waals surface area contributed by atoms with Gasteiger partial charge in [0.25, 0.3) is 0 Å². The van der Waals surface area contributed by atoms with Gasteiger partial charge in [-0.15, -0.1) is 0 Å². The predicted octanol–water partition coefficient (Wildman–Crippen LogP) is 3.37. The molecule has 94 valence electrons. The van der Waals surface area contributed by atoms with Gasteiger partial charge in [-0.05, 0) is 30.0 Å². The van der Waals surface area contributed by atoms with E-state index in [4.69, 9.17) is 4.74 Å². The van der Waals surface area contributed by atoms with Crippen molar-refractivity contribution in [3.63, 3.8) is 0 Å². The Morgan fingerprint density at radius 2 is 2.00 bits per heavy atom. The molecule has 0 spiro atoms. The first-order valence-corrected chi connectivity index (χ1v) is 6.52. The highest BCUT2D eigenvalue weighted by atomic mass is 79.9. The van der Waals surface area contributed by atoms with Crippen LogP contribution in [0.15, 0.2) is 28.7 Å². The van der Waals surface area contributed by atoms with E-state index in [0.29, 0.717) is 19.1 Å². The number of carbonyl (C=O) groups is 1. The number of hydrogen-bond acceptors (Lipinski definition) is 2. The van der Waals surface area contributed by atoms with Gasteiger partial charge in [-0.3, -0.25) is 0 Å². The lowest BCUT2D eigenvalue weighted by Crippen LogP contribution is -2.27. The molecular formula is C13H18BrNO2. The summed E-state index contributed by atoms with van der Waals surface area (Å²) in [4.78, 5) is 11.3. The largest absolute Gasteiger partial charge is 0.449 e. The molecule has 1 aromatic carbocycles. The average Bonchev–Trinajstić information content (AvgIpc) is 2.29. The molecule has 1 aromatic rings. The first-order chi connectivity index (χ1) is 8.08. The van der Waals surface area contributed by atoms with Crippen LogP contribution in [0.4, 0.5) is 4.79 Å². The van der Waals surface area contributed by atoms with Gasteiger partial charge in [0, 0.05) is 11.0 Å². The fraction of sp³-hybridized carbons (Fsp3) is 0.462. The quantitative estimate of drug-likeness (QED) is 0.905. The summed E-state index contributed by atoms with van der Waals surface area (Å²) in [6.45, 7) is 5.08. The molecule has 1 N–H and O–H groups in total. The van der Waals surface area contributed by atoms with E-state index in [1.807, 2.05) is 38.1 Å². The van der Waals surface area contributed by atoms with Crippen molar-refractivity contribution < 1.29 is 9.53 Å². The summed E-state index contributed by atoms with van der Waals surface area (Å²) in [6.07, 6.45) is 0.472. The highest BCUT2D eigenvalue weighted by molar-refractivity contribution is 9.10. The minimum atomic E-state index is -0.337. The third-order valence-corrected chi connectivity index (χ3v) is 2.67. The molecule has 1 rings (SSSR count). The fourth-order valence-electron chi connectivity index (χ4n) is 1.25. The molecule has 1 amide bonds. The molecular weight excluding hydrogens is 282 g/mol. The summed E-state index contributed by atoms with van der Waals surface area (Å²) < 4.78 is 6.06. The second-order valence-corrected chi connectivity index (χ2v) is 5.21. The number of amides is 1. The topological polar surface area (TPSA) is 38.3 Å². The van der Waals surface area contributed by atoms with Gasteiger partial charge in [-0.25, -0.2) is 4.79 Å². The maximum Gasteiger partial charge on any atom is 0.407 e. The number of carbonyl (C=O) groups excluding carboxylic acids is 1. The van der Waals surface area contributed by atoms with Crippen molar-refractivity contribution in [3.8, 4) is 0 Å². The van der Waals surface area contributed by atoms with Crippen LogP contribution in [0.2, 0.25) is 0 Å². The number of rotatable bonds is 5. The second-order valence-electron chi connectivity index (χ2n) is 4.30. The van der Waals surface area contributed by atoms with Gasteiger partial charge in [-0.1, -0.05) is 41.9 Å². The van der Waals surface area contributed by atoms with Crippen molar-refractivity contribution in [2.75, 3.05) is 13.2 Å². The molecule has 0 bridgehead atoms. The van der Waals surface area contributed by atoms with Gasteiger partial charge in [0.05, 0.1) is 6.61 Å². The van der Waals surface area contributed by atoms with Gasteiger partial charge in [0.15, 0.2) is 0 Å². The summed E-state index contributed by atoms with van der Waals surface area (Å²) >= 11 is 3.38. The van der Waals surface area contributed by atoms with Crippen molar-refractivity contribution in [2.45, 2.75) is 20.3 Å². The summed E-state index contributed by atoms with van der Waals surface area (Å²) in [5.41, 5.74) is 1.19. The lowest BCUT2D eigenvalue weighted by atomic mass is 10.1. The summed E-state index contributed by atoms with van der Waals surface area (Å²) in [5.74, 6) is 0.368. The normalized spacial score (nSPS) is 10.4. The molecule has 0 aliphatic carbocycles. The molecule has 0 aliphatic heterocycles. The van der Waals surface area contributed by atoms with E-state index >= 15 is 0 Å². The van der Waals surface area contributed by atoms with E-state index in [1.165, 1.54) is 5.56 Å². The van der Waals surface area contributed by atoms with Crippen LogP contribution in [0.5, 0.6) is 0 Å². The van der Waals surface area contributed by atoms with Gasteiger partial charge in [-0.2, -0.15) is 0 Å². The Morgan fingerprint density at radius 3 is 2.59 bits per heavy atom. The van der Waals surface area contributed by atoms with Crippen molar-refractivity contribution >= 4 is 22.0 Å². The monoisotopic (exact) mass is 299 g/mol. The van der Waals surface area contributed by atoms with Gasteiger partial charge < -0.3 is 10.1 Å². The molecule has 0 saturated carbocycles. The Bertz CT molecular complexity index is 349. The van der Waals surface area contributed by atoms with Crippen LogP contribution in [0, 0.1) is 5.92 Å². The van der Waals surface area contributed by atoms with Gasteiger partial charge in [0.2, 0.25) is 0 Å². The van der Waals surface area contributed by atoms with Gasteiger partial charge >= 0.3 is 6.09 Å². The average molecular weight is 300 g/mol. The molecule has 0 heterocycles. The summed E-state index contributed by atoms with van der Waals surface area (Å²) in [6, 6.07) is 8.05. The van der Waals surface area contributed by atoms with Crippen LogP contribution in [0.1, 0.15) is 19.4 Å². The maximum absolute atomic E-state index is 11.3. The van der Waals surface area contributed by atoms with Crippen LogP contribution in [-0.2, 0) is 11.2 Å². The summed E-state index contributed by atoms with van der Waals surface area (Å²) in [5, 5.41) is 2.73. The second kappa shape index (κ2) is 7.33. The van der Waals surface area contributed by atoms with Crippen molar-refractivity contribution in [3.05, 3.63) is 34.3 Å². The van der Waals surface area contributed by atoms with Crippen molar-refractivity contribution in [1.82, 2.24) is 5.32 Å². The third kappa shape index (κ3) is 6.31. The highest BCUT2D eigenvalue weighted by Gasteiger charge is 2.02. The number of benzene rings is 1. The van der Waals surface area contributed by atoms with Crippen LogP contribution < -0.4 is 5.32 Å². The number of ether oxygens (including phenoxy) is 1. The molecule has 0 saturated heterocycles. The zero-order chi connectivity index (χ0) is 12.7. The first-order valence-electron chi connectivity index (χ1n) is 5.73. The lowest BCUT2D eigenvalue weighted by molar-refractivity contribution is 0.133. The SMILES string of the molecule is CC(C)COC(=O)NCCc1ccc(Br)cc1. The zero-order valence-electron chi connectivity index (χ0n) is 10.2. The fourth-order valence-corrected chi connectivity index (χ4v) is 1.52. The highest BCUT2D eigenvalue weighted by Crippen LogP contribution is 2.10. The predicted molar refractivity (Wildman–Crippen MR) is 72.0 cm³/mol. The molecule has 17 heavy (non-hydrogen) atoms. The van der Waals surface area contributed by atoms with Crippen molar-refractivity contribution in [1.29, 1.82) is 0 Å². The standard InChI is InChI=1S/C13H18BrNO2/c1-10(2)9-17-13(16)15-8-7-11-3-5-12(14)6-4-11/h3-6,10H,7-9H2,1-2H3,(H,15,16). The molecule has 4 heteroatoms. The molecule has 3 nitrogen and oxygen atoms in total. The van der Waals surface area contributed by atoms with E-state index < -0.39 is 0 Å². The molecule has 0 radical (unpaired) electrons. The van der Waals surface area contributed by atoms with E-state index in [-0.39, 0.29) is 6.09 Å². The van der Waals surface area contributed by atoms with Crippen LogP contribution in [0.3, 0.4) is 0 Å². The number of halogens is 1. The van der Waals surface area contributed by atoms with E-state index in [2.05, 4.69) is 21.2 Å². The Kier molecular flexibility index (Phi) is 6.05. The van der Waals surface area contributed by atoms with Gasteiger partial charge in [0.1, 0.15) is 0 Å². The number of hydrogen-bond donors (Lipinski definition) is 1. The Balaban J connectivity index is 2.19. The molecule has 0 aliphatic rings. The van der Waals surface area contributed by atoms with Crippen LogP contribution in [0.25, 0.3) is 0 Å². The minimum Gasteiger partial charge on any atom is -0.449 e. The first kappa shape index (κ1) is 14.0. The number of alkyl carbamates (subject to hydrolysis) is 1. The van der Waals surface area contributed by atoms with E-state index in [9.17, 15) is 4.79 Å². The molecule has 0 unspecified atom stereocenters. The lowest BCUT2D eigenvalue weighted by Gasteiger charge is -2.08. The minimum absolute atomic E-state index is 0.337. The maximum atomic E-state index is 11.3. The molecule has 0 fully saturated rings. The molecule has 0 aromatic heterocycles. The van der Waals surface area contributed by atoms with E-state index in [0.717, 1.165) is 10.9 Å². The molecule has 0 atom stereocenters. The Labute approximate surface area is 111 Å². The van der Waals surface area contributed by atoms with Crippen LogP contribution in [-0.4, -0.2) is 19.2 Å². The Morgan fingerprint density at radius 1 is 1.35 bits per heavy atom. The van der Waals surface area contributed by atoms with E-state index in [1.54, 1.807) is 0 Å². The van der Waals surface area contributed by atoms with Crippen LogP contribution >= 0.6 is 15.9 Å².